The topological polar surface area (TPSA) is 199 Å². The standard InChI is InChI=1S/2C21H23NO5S.H2O/c2*1-21(2)20(24)19(22-12-6-9-18(22)23)16-13-15(10-11-17(16)27-21)28(25,26)14-7-4-3-5-8-14;/h2*3-5,7-8,10-11,13,19-20,24H,6,9,12H2,1-2H3;1H2/t2*19-,20+;/m11./s1. The van der Waals surface area contributed by atoms with Gasteiger partial charge in [0.1, 0.15) is 34.9 Å². The molecule has 2 amide bonds. The van der Waals surface area contributed by atoms with Gasteiger partial charge in [0.15, 0.2) is 0 Å². The van der Waals surface area contributed by atoms with Crippen LogP contribution in [0.1, 0.15) is 76.6 Å². The zero-order valence-electron chi connectivity index (χ0n) is 32.2. The van der Waals surface area contributed by atoms with Gasteiger partial charge in [-0.15, -0.1) is 0 Å². The first-order valence-electron chi connectivity index (χ1n) is 18.6. The van der Waals surface area contributed by atoms with E-state index in [-0.39, 0.29) is 36.9 Å². The minimum absolute atomic E-state index is 0. The number of sulfone groups is 2. The molecule has 4 aliphatic rings. The average Bonchev–Trinajstić information content (AvgIpc) is 3.80. The molecule has 4 aliphatic heterocycles. The number of fused-ring (bicyclic) bond motifs is 2. The van der Waals surface area contributed by atoms with Crippen LogP contribution >= 0.6 is 0 Å². The van der Waals surface area contributed by atoms with Crippen LogP contribution < -0.4 is 9.47 Å². The van der Waals surface area contributed by atoms with Crippen molar-refractivity contribution in [3.8, 4) is 11.5 Å². The van der Waals surface area contributed by atoms with Gasteiger partial charge >= 0.3 is 0 Å². The SMILES string of the molecule is CC1(C)Oc2ccc(S(=O)(=O)c3ccccc3)cc2[C@@H](N2CCCC2=O)[C@@H]1O.CC1(C)Oc2ccc(S(=O)(=O)c3ccccc3)cc2[C@@H](N2CCCC2=O)[C@@H]1O.O. The van der Waals surface area contributed by atoms with Gasteiger partial charge in [0.05, 0.1) is 31.7 Å². The minimum Gasteiger partial charge on any atom is -0.485 e. The van der Waals surface area contributed by atoms with Crippen LogP contribution in [0.15, 0.2) is 117 Å². The van der Waals surface area contributed by atoms with E-state index in [0.717, 1.165) is 12.8 Å². The Bertz CT molecular complexity index is 2200. The maximum Gasteiger partial charge on any atom is 0.223 e. The Labute approximate surface area is 333 Å². The number of amides is 2. The minimum atomic E-state index is -3.72. The Morgan fingerprint density at radius 2 is 0.912 bits per heavy atom. The van der Waals surface area contributed by atoms with E-state index in [9.17, 15) is 36.6 Å². The highest BCUT2D eigenvalue weighted by Crippen LogP contribution is 2.47. The predicted molar refractivity (Wildman–Crippen MR) is 209 cm³/mol. The van der Waals surface area contributed by atoms with Gasteiger partial charge in [0.2, 0.25) is 31.5 Å². The monoisotopic (exact) mass is 820 g/mol. The van der Waals surface area contributed by atoms with Crippen molar-refractivity contribution in [1.29, 1.82) is 0 Å². The molecule has 4 heterocycles. The van der Waals surface area contributed by atoms with E-state index in [1.807, 2.05) is 0 Å². The fourth-order valence-corrected chi connectivity index (χ4v) is 10.5. The molecule has 2 saturated heterocycles. The van der Waals surface area contributed by atoms with Crippen LogP contribution in [0.4, 0.5) is 0 Å². The highest BCUT2D eigenvalue weighted by molar-refractivity contribution is 7.91. The zero-order valence-corrected chi connectivity index (χ0v) is 33.8. The van der Waals surface area contributed by atoms with Crippen molar-refractivity contribution in [3.05, 3.63) is 108 Å². The molecule has 2 fully saturated rings. The number of aliphatic hydroxyl groups is 2. The highest BCUT2D eigenvalue weighted by Gasteiger charge is 2.49. The summed E-state index contributed by atoms with van der Waals surface area (Å²) in [5.74, 6) is 0.909. The van der Waals surface area contributed by atoms with E-state index in [1.54, 1.807) is 110 Å². The van der Waals surface area contributed by atoms with Crippen LogP contribution in [0.25, 0.3) is 0 Å². The molecule has 13 nitrogen and oxygen atoms in total. The fraction of sp³-hybridized carbons (Fsp3) is 0.381. The van der Waals surface area contributed by atoms with Crippen LogP contribution in [-0.4, -0.2) is 90.6 Å². The molecule has 0 saturated carbocycles. The van der Waals surface area contributed by atoms with E-state index in [4.69, 9.17) is 9.47 Å². The van der Waals surface area contributed by atoms with Crippen LogP contribution in [0.5, 0.6) is 11.5 Å². The molecule has 0 aromatic heterocycles. The lowest BCUT2D eigenvalue weighted by Crippen LogP contribution is -2.53. The molecule has 8 rings (SSSR count). The van der Waals surface area contributed by atoms with Crippen molar-refractivity contribution in [2.24, 2.45) is 0 Å². The average molecular weight is 821 g/mol. The number of hydrogen-bond donors (Lipinski definition) is 2. The maximum absolute atomic E-state index is 13.0. The van der Waals surface area contributed by atoms with Gasteiger partial charge in [-0.05, 0) is 101 Å². The summed E-state index contributed by atoms with van der Waals surface area (Å²) in [5, 5.41) is 21.9. The van der Waals surface area contributed by atoms with E-state index in [1.165, 1.54) is 24.3 Å². The molecule has 0 aliphatic carbocycles. The number of benzene rings is 4. The molecule has 57 heavy (non-hydrogen) atoms. The number of aliphatic hydroxyl groups excluding tert-OH is 2. The van der Waals surface area contributed by atoms with Gasteiger partial charge in [0, 0.05) is 37.1 Å². The predicted octanol–water partition coefficient (Wildman–Crippen LogP) is 4.60. The van der Waals surface area contributed by atoms with Crippen molar-refractivity contribution in [2.45, 2.75) is 108 Å². The van der Waals surface area contributed by atoms with Crippen molar-refractivity contribution in [3.63, 3.8) is 0 Å². The summed E-state index contributed by atoms with van der Waals surface area (Å²) in [6.45, 7) is 8.13. The van der Waals surface area contributed by atoms with E-state index in [0.29, 0.717) is 48.6 Å². The molecule has 0 unspecified atom stereocenters. The Morgan fingerprint density at radius 3 is 1.23 bits per heavy atom. The first kappa shape index (κ1) is 41.8. The van der Waals surface area contributed by atoms with E-state index >= 15 is 0 Å². The Balaban J connectivity index is 0.000000189. The molecule has 0 radical (unpaired) electrons. The summed E-state index contributed by atoms with van der Waals surface area (Å²) in [6.07, 6.45) is 0.360. The number of nitrogens with zero attached hydrogens (tertiary/aromatic N) is 2. The van der Waals surface area contributed by atoms with Crippen LogP contribution in [-0.2, 0) is 29.3 Å². The second kappa shape index (κ2) is 15.5. The first-order chi connectivity index (χ1) is 26.4. The molecule has 0 bridgehead atoms. The maximum atomic E-state index is 13.0. The van der Waals surface area contributed by atoms with Crippen LogP contribution in [0.3, 0.4) is 0 Å². The largest absolute Gasteiger partial charge is 0.485 e. The van der Waals surface area contributed by atoms with Crippen LogP contribution in [0, 0.1) is 0 Å². The lowest BCUT2D eigenvalue weighted by molar-refractivity contribution is -0.140. The van der Waals surface area contributed by atoms with E-state index in [2.05, 4.69) is 0 Å². The van der Waals surface area contributed by atoms with Crippen molar-refractivity contribution >= 4 is 31.5 Å². The van der Waals surface area contributed by atoms with Gasteiger partial charge in [-0.25, -0.2) is 16.8 Å². The second-order valence-electron chi connectivity index (χ2n) is 15.6. The van der Waals surface area contributed by atoms with Gasteiger partial charge in [-0.3, -0.25) is 9.59 Å². The number of hydrogen-bond acceptors (Lipinski definition) is 10. The number of carbonyl (C=O) groups excluding carboxylic acids is 2. The summed E-state index contributed by atoms with van der Waals surface area (Å²) < 4.78 is 64.0. The molecule has 4 atom stereocenters. The van der Waals surface area contributed by atoms with Crippen molar-refractivity contribution in [1.82, 2.24) is 9.80 Å². The van der Waals surface area contributed by atoms with Crippen molar-refractivity contribution in [2.75, 3.05) is 13.1 Å². The quantitative estimate of drug-likeness (QED) is 0.277. The Hall–Kier alpha value is -4.80. The summed E-state index contributed by atoms with van der Waals surface area (Å²) in [7, 11) is -7.44. The van der Waals surface area contributed by atoms with Gasteiger partial charge in [-0.1, -0.05) is 36.4 Å². The molecule has 304 valence electrons. The molecular formula is C42H48N2O11S2. The first-order valence-corrected chi connectivity index (χ1v) is 21.6. The molecule has 0 spiro atoms. The molecular weight excluding hydrogens is 773 g/mol. The summed E-state index contributed by atoms with van der Waals surface area (Å²) >= 11 is 0. The number of likely N-dealkylation sites (tertiary alicyclic amines) is 2. The lowest BCUT2D eigenvalue weighted by Gasteiger charge is -2.45. The zero-order chi connectivity index (χ0) is 40.2. The van der Waals surface area contributed by atoms with E-state index < -0.39 is 55.2 Å². The third kappa shape index (κ3) is 7.66. The summed E-state index contributed by atoms with van der Waals surface area (Å²) in [4.78, 5) is 28.7. The third-order valence-electron chi connectivity index (χ3n) is 11.0. The fourth-order valence-electron chi connectivity index (χ4n) is 7.90. The summed E-state index contributed by atoms with van der Waals surface area (Å²) in [6, 6.07) is 24.4. The number of ether oxygens (including phenoxy) is 2. The second-order valence-corrected chi connectivity index (χ2v) is 19.5. The van der Waals surface area contributed by atoms with Crippen LogP contribution in [0.2, 0.25) is 0 Å². The number of carbonyl (C=O) groups is 2. The molecule has 4 aromatic rings. The Kier molecular flexibility index (Phi) is 11.4. The third-order valence-corrected chi connectivity index (χ3v) is 14.5. The molecule has 4 N–H and O–H groups in total. The highest BCUT2D eigenvalue weighted by atomic mass is 32.2. The Morgan fingerprint density at radius 1 is 0.561 bits per heavy atom. The van der Waals surface area contributed by atoms with Gasteiger partial charge in [0.25, 0.3) is 0 Å². The number of rotatable bonds is 6. The van der Waals surface area contributed by atoms with Crippen molar-refractivity contribution < 1.29 is 51.6 Å². The summed E-state index contributed by atoms with van der Waals surface area (Å²) in [5.41, 5.74) is -0.751. The normalized spacial score (nSPS) is 23.5. The molecule has 4 aromatic carbocycles. The van der Waals surface area contributed by atoms with Gasteiger partial charge < -0.3 is 35.0 Å². The van der Waals surface area contributed by atoms with Gasteiger partial charge in [-0.2, -0.15) is 0 Å². The smallest absolute Gasteiger partial charge is 0.223 e. The lowest BCUT2D eigenvalue weighted by atomic mass is 9.85. The molecule has 15 heteroatoms.